The minimum absolute atomic E-state index is 0.145. The van der Waals surface area contributed by atoms with Gasteiger partial charge in [-0.15, -0.1) is 13.2 Å². The number of nitro benzene ring substituents is 1. The maximum atomic E-state index is 13.1. The number of fused-ring (bicyclic) bond motifs is 1. The van der Waals surface area contributed by atoms with Crippen LogP contribution in [0.3, 0.4) is 0 Å². The number of alkyl halides is 3. The molecule has 1 aromatic heterocycles. The van der Waals surface area contributed by atoms with E-state index >= 15 is 0 Å². The number of rotatable bonds is 7. The number of benzene rings is 2. The molecule has 2 aromatic carbocycles. The van der Waals surface area contributed by atoms with E-state index in [4.69, 9.17) is 0 Å². The van der Waals surface area contributed by atoms with Crippen LogP contribution in [0.2, 0.25) is 0 Å². The molecule has 0 aliphatic heterocycles. The number of nitrogens with zero attached hydrogens (tertiary/aromatic N) is 4. The average molecular weight is 454 g/mol. The highest BCUT2D eigenvalue weighted by Crippen LogP contribution is 2.34. The first-order valence-corrected chi connectivity index (χ1v) is 9.72. The number of nitro groups is 1. The van der Waals surface area contributed by atoms with Crippen molar-refractivity contribution in [2.45, 2.75) is 6.36 Å². The molecule has 3 aromatic rings. The number of likely N-dealkylation sites (N-methyl/N-ethyl adjacent to an activating group) is 1. The van der Waals surface area contributed by atoms with Gasteiger partial charge >= 0.3 is 6.36 Å². The Morgan fingerprint density at radius 1 is 1.16 bits per heavy atom. The van der Waals surface area contributed by atoms with E-state index in [1.807, 2.05) is 19.0 Å². The first-order valence-electron chi connectivity index (χ1n) is 8.91. The van der Waals surface area contributed by atoms with Crippen LogP contribution in [0.1, 0.15) is 10.4 Å². The summed E-state index contributed by atoms with van der Waals surface area (Å²) in [6, 6.07) is 8.92. The Morgan fingerprint density at radius 3 is 2.42 bits per heavy atom. The van der Waals surface area contributed by atoms with E-state index < -0.39 is 17.2 Å². The quantitative estimate of drug-likeness (QED) is 0.390. The molecule has 0 aliphatic carbocycles. The van der Waals surface area contributed by atoms with Gasteiger partial charge in [0.05, 0.1) is 15.1 Å². The lowest BCUT2D eigenvalue weighted by atomic mass is 10.2. The van der Waals surface area contributed by atoms with Crippen molar-refractivity contribution in [3.05, 3.63) is 58.1 Å². The number of anilines is 1. The van der Waals surface area contributed by atoms with Crippen molar-refractivity contribution in [3.63, 3.8) is 0 Å². The third-order valence-corrected chi connectivity index (χ3v) is 5.20. The zero-order valence-corrected chi connectivity index (χ0v) is 17.2. The molecule has 1 heterocycles. The van der Waals surface area contributed by atoms with E-state index in [1.165, 1.54) is 41.3 Å². The average Bonchev–Trinajstić information content (AvgIpc) is 3.09. The van der Waals surface area contributed by atoms with E-state index in [2.05, 4.69) is 9.72 Å². The lowest BCUT2D eigenvalue weighted by molar-refractivity contribution is -0.384. The van der Waals surface area contributed by atoms with Crippen LogP contribution in [-0.2, 0) is 0 Å². The number of thiazole rings is 1. The van der Waals surface area contributed by atoms with Crippen molar-refractivity contribution in [2.24, 2.45) is 0 Å². The van der Waals surface area contributed by atoms with Gasteiger partial charge in [0.15, 0.2) is 5.13 Å². The summed E-state index contributed by atoms with van der Waals surface area (Å²) < 4.78 is 41.8. The van der Waals surface area contributed by atoms with Crippen molar-refractivity contribution in [2.75, 3.05) is 32.1 Å². The number of carbonyl (C=O) groups is 1. The summed E-state index contributed by atoms with van der Waals surface area (Å²) in [5.74, 6) is -0.806. The van der Waals surface area contributed by atoms with Crippen LogP contribution in [0.15, 0.2) is 42.5 Å². The molecule has 8 nitrogen and oxygen atoms in total. The van der Waals surface area contributed by atoms with Gasteiger partial charge in [-0.05, 0) is 38.4 Å². The van der Waals surface area contributed by atoms with Crippen molar-refractivity contribution in [1.29, 1.82) is 0 Å². The SMILES string of the molecule is CN(C)CCN(C(=O)c1ccc([N+](=O)[O-])cc1)c1nc2ccc(OC(F)(F)F)cc2s1. The largest absolute Gasteiger partial charge is 0.573 e. The second-order valence-electron chi connectivity index (χ2n) is 6.74. The summed E-state index contributed by atoms with van der Waals surface area (Å²) >= 11 is 1.05. The summed E-state index contributed by atoms with van der Waals surface area (Å²) in [6.07, 6.45) is -4.81. The minimum Gasteiger partial charge on any atom is -0.406 e. The number of halogens is 3. The monoisotopic (exact) mass is 454 g/mol. The van der Waals surface area contributed by atoms with Gasteiger partial charge in [-0.1, -0.05) is 11.3 Å². The molecule has 0 radical (unpaired) electrons. The Hall–Kier alpha value is -3.25. The fourth-order valence-corrected chi connectivity index (χ4v) is 3.69. The fourth-order valence-electron chi connectivity index (χ4n) is 2.67. The summed E-state index contributed by atoms with van der Waals surface area (Å²) in [5.41, 5.74) is 0.499. The number of amides is 1. The second-order valence-corrected chi connectivity index (χ2v) is 7.75. The standard InChI is InChI=1S/C19H17F3N4O4S/c1-24(2)9-10-25(17(27)12-3-5-13(6-4-12)26(28)29)18-23-15-8-7-14(11-16(15)31-18)30-19(20,21)22/h3-8,11H,9-10H2,1-2H3. The Morgan fingerprint density at radius 2 is 1.84 bits per heavy atom. The van der Waals surface area contributed by atoms with Crippen molar-refractivity contribution in [1.82, 2.24) is 9.88 Å². The molecule has 0 unspecified atom stereocenters. The van der Waals surface area contributed by atoms with Crippen LogP contribution in [-0.4, -0.2) is 54.3 Å². The molecule has 31 heavy (non-hydrogen) atoms. The zero-order valence-electron chi connectivity index (χ0n) is 16.4. The van der Waals surface area contributed by atoms with E-state index in [9.17, 15) is 28.1 Å². The van der Waals surface area contributed by atoms with E-state index in [-0.39, 0.29) is 23.5 Å². The van der Waals surface area contributed by atoms with Crippen molar-refractivity contribution < 1.29 is 27.6 Å². The molecular weight excluding hydrogens is 437 g/mol. The number of non-ortho nitro benzene ring substituents is 1. The highest BCUT2D eigenvalue weighted by atomic mass is 32.1. The maximum absolute atomic E-state index is 13.1. The Labute approximate surface area is 178 Å². The molecule has 164 valence electrons. The van der Waals surface area contributed by atoms with Gasteiger partial charge in [0, 0.05) is 36.9 Å². The summed E-state index contributed by atoms with van der Waals surface area (Å²) in [7, 11) is 3.65. The second kappa shape index (κ2) is 8.86. The lowest BCUT2D eigenvalue weighted by Gasteiger charge is -2.22. The van der Waals surface area contributed by atoms with Gasteiger partial charge in [-0.25, -0.2) is 4.98 Å². The van der Waals surface area contributed by atoms with Crippen molar-refractivity contribution in [3.8, 4) is 5.75 Å². The molecule has 0 saturated carbocycles. The van der Waals surface area contributed by atoms with Gasteiger partial charge in [0.2, 0.25) is 0 Å². The number of hydrogen-bond acceptors (Lipinski definition) is 7. The molecular formula is C19H17F3N4O4S. The van der Waals surface area contributed by atoms with Gasteiger partial charge < -0.3 is 9.64 Å². The number of aromatic nitrogens is 1. The van der Waals surface area contributed by atoms with Crippen LogP contribution < -0.4 is 9.64 Å². The van der Waals surface area contributed by atoms with Crippen molar-refractivity contribution >= 4 is 38.3 Å². The van der Waals surface area contributed by atoms with E-state index in [0.29, 0.717) is 21.9 Å². The first-order chi connectivity index (χ1) is 14.5. The highest BCUT2D eigenvalue weighted by molar-refractivity contribution is 7.22. The lowest BCUT2D eigenvalue weighted by Crippen LogP contribution is -2.36. The minimum atomic E-state index is -4.81. The molecule has 0 atom stereocenters. The summed E-state index contributed by atoms with van der Waals surface area (Å²) in [5, 5.41) is 11.1. The van der Waals surface area contributed by atoms with E-state index in [0.717, 1.165) is 17.4 Å². The molecule has 12 heteroatoms. The molecule has 0 fully saturated rings. The van der Waals surface area contributed by atoms with Gasteiger partial charge in [0.25, 0.3) is 11.6 Å². The van der Waals surface area contributed by atoms with Crippen LogP contribution in [0.4, 0.5) is 24.0 Å². The Bertz CT molecular complexity index is 1100. The molecule has 0 bridgehead atoms. The number of ether oxygens (including phenoxy) is 1. The predicted octanol–water partition coefficient (Wildman–Crippen LogP) is 4.31. The normalized spacial score (nSPS) is 11.7. The predicted molar refractivity (Wildman–Crippen MR) is 110 cm³/mol. The molecule has 0 saturated heterocycles. The van der Waals surface area contributed by atoms with Crippen LogP contribution in [0.25, 0.3) is 10.2 Å². The van der Waals surface area contributed by atoms with Crippen LogP contribution in [0, 0.1) is 10.1 Å². The van der Waals surface area contributed by atoms with Gasteiger partial charge in [-0.2, -0.15) is 0 Å². The third kappa shape index (κ3) is 5.67. The first kappa shape index (κ1) is 22.4. The maximum Gasteiger partial charge on any atom is 0.573 e. The molecule has 0 aliphatic rings. The Kier molecular flexibility index (Phi) is 6.41. The molecule has 1 amide bonds. The summed E-state index contributed by atoms with van der Waals surface area (Å²) in [4.78, 5) is 31.0. The third-order valence-electron chi connectivity index (χ3n) is 4.15. The molecule has 3 rings (SSSR count). The molecule has 0 N–H and O–H groups in total. The molecule has 0 spiro atoms. The number of carbonyl (C=O) groups excluding carboxylic acids is 1. The topological polar surface area (TPSA) is 88.8 Å². The Balaban J connectivity index is 1.94. The smallest absolute Gasteiger partial charge is 0.406 e. The van der Waals surface area contributed by atoms with Gasteiger partial charge in [-0.3, -0.25) is 19.8 Å². The van der Waals surface area contributed by atoms with Crippen LogP contribution >= 0.6 is 11.3 Å². The van der Waals surface area contributed by atoms with E-state index in [1.54, 1.807) is 0 Å². The van der Waals surface area contributed by atoms with Gasteiger partial charge in [0.1, 0.15) is 5.75 Å². The van der Waals surface area contributed by atoms with Crippen LogP contribution in [0.5, 0.6) is 5.75 Å². The summed E-state index contributed by atoms with van der Waals surface area (Å²) in [6.45, 7) is 0.756. The zero-order chi connectivity index (χ0) is 22.8. The highest BCUT2D eigenvalue weighted by Gasteiger charge is 2.31. The fraction of sp³-hybridized carbons (Fsp3) is 0.263. The number of hydrogen-bond donors (Lipinski definition) is 0.